The zero-order valence-corrected chi connectivity index (χ0v) is 8.73. The van der Waals surface area contributed by atoms with E-state index in [1.807, 2.05) is 21.1 Å². The van der Waals surface area contributed by atoms with Gasteiger partial charge in [0, 0.05) is 24.8 Å². The van der Waals surface area contributed by atoms with E-state index in [0.717, 1.165) is 0 Å². The Hall–Kier alpha value is -0.540. The summed E-state index contributed by atoms with van der Waals surface area (Å²) in [5, 5.41) is 9.53. The molecule has 0 spiro atoms. The van der Waals surface area contributed by atoms with E-state index in [1.165, 1.54) is 5.70 Å². The summed E-state index contributed by atoms with van der Waals surface area (Å²) in [5.74, 6) is 0. The molecule has 0 aliphatic rings. The second-order valence-electron chi connectivity index (χ2n) is 2.96. The van der Waals surface area contributed by atoms with Crippen LogP contribution in [0.1, 0.15) is 13.8 Å². The van der Waals surface area contributed by atoms with Crippen molar-refractivity contribution in [3.05, 3.63) is 11.8 Å². The SMILES string of the molecule is CN/C(=C\C(C)NC)C(C)NC. The molecule has 3 heteroatoms. The van der Waals surface area contributed by atoms with Crippen LogP contribution in [0.2, 0.25) is 0 Å². The third kappa shape index (κ3) is 3.74. The molecule has 0 saturated heterocycles. The number of nitrogens with one attached hydrogen (secondary N) is 3. The van der Waals surface area contributed by atoms with Crippen molar-refractivity contribution in [2.24, 2.45) is 0 Å². The van der Waals surface area contributed by atoms with Crippen LogP contribution in [0.15, 0.2) is 11.8 Å². The van der Waals surface area contributed by atoms with Gasteiger partial charge in [0.05, 0.1) is 0 Å². The van der Waals surface area contributed by atoms with Crippen LogP contribution in [0.3, 0.4) is 0 Å². The molecule has 0 aromatic heterocycles. The first kappa shape index (κ1) is 11.5. The molecule has 0 aliphatic heterocycles. The monoisotopic (exact) mass is 171 g/mol. The number of rotatable bonds is 5. The zero-order valence-electron chi connectivity index (χ0n) is 8.73. The Morgan fingerprint density at radius 1 is 1.08 bits per heavy atom. The molecule has 0 bridgehead atoms. The van der Waals surface area contributed by atoms with Gasteiger partial charge in [-0.1, -0.05) is 0 Å². The number of hydrogen-bond acceptors (Lipinski definition) is 3. The average Bonchev–Trinajstić information content (AvgIpc) is 2.12. The summed E-state index contributed by atoms with van der Waals surface area (Å²) >= 11 is 0. The maximum Gasteiger partial charge on any atom is 0.0435 e. The first-order valence-electron chi connectivity index (χ1n) is 4.39. The van der Waals surface area contributed by atoms with Crippen LogP contribution >= 0.6 is 0 Å². The largest absolute Gasteiger partial charge is 0.390 e. The van der Waals surface area contributed by atoms with Crippen LogP contribution in [-0.4, -0.2) is 33.2 Å². The van der Waals surface area contributed by atoms with Gasteiger partial charge in [0.1, 0.15) is 0 Å². The Balaban J connectivity index is 4.21. The molecule has 0 saturated carbocycles. The minimum absolute atomic E-state index is 0.380. The van der Waals surface area contributed by atoms with E-state index in [1.54, 1.807) is 0 Å². The second-order valence-corrected chi connectivity index (χ2v) is 2.96. The average molecular weight is 171 g/mol. The van der Waals surface area contributed by atoms with Crippen molar-refractivity contribution < 1.29 is 0 Å². The van der Waals surface area contributed by atoms with Crippen molar-refractivity contribution in [1.29, 1.82) is 0 Å². The summed E-state index contributed by atoms with van der Waals surface area (Å²) in [5.41, 5.74) is 1.22. The fraction of sp³-hybridized carbons (Fsp3) is 0.778. The van der Waals surface area contributed by atoms with Crippen LogP contribution in [0.4, 0.5) is 0 Å². The Morgan fingerprint density at radius 2 is 1.67 bits per heavy atom. The third-order valence-corrected chi connectivity index (χ3v) is 2.07. The van der Waals surface area contributed by atoms with Gasteiger partial charge in [0.15, 0.2) is 0 Å². The van der Waals surface area contributed by atoms with Gasteiger partial charge < -0.3 is 16.0 Å². The molecular formula is C9H21N3. The minimum Gasteiger partial charge on any atom is -0.390 e. The highest BCUT2D eigenvalue weighted by Crippen LogP contribution is 1.98. The lowest BCUT2D eigenvalue weighted by Gasteiger charge is -2.16. The molecule has 12 heavy (non-hydrogen) atoms. The number of likely N-dealkylation sites (N-methyl/N-ethyl adjacent to an activating group) is 3. The fourth-order valence-electron chi connectivity index (χ4n) is 0.952. The maximum atomic E-state index is 3.19. The van der Waals surface area contributed by atoms with Crippen molar-refractivity contribution in [2.45, 2.75) is 25.9 Å². The Labute approximate surface area is 75.6 Å². The third-order valence-electron chi connectivity index (χ3n) is 2.07. The normalized spacial score (nSPS) is 17.2. The van der Waals surface area contributed by atoms with Gasteiger partial charge in [-0.3, -0.25) is 0 Å². The summed E-state index contributed by atoms with van der Waals surface area (Å²) in [7, 11) is 5.86. The highest BCUT2D eigenvalue weighted by Gasteiger charge is 2.04. The molecule has 0 rings (SSSR count). The lowest BCUT2D eigenvalue weighted by Crippen LogP contribution is -2.32. The highest BCUT2D eigenvalue weighted by molar-refractivity contribution is 5.09. The smallest absolute Gasteiger partial charge is 0.0435 e. The van der Waals surface area contributed by atoms with Crippen molar-refractivity contribution in [1.82, 2.24) is 16.0 Å². The first-order valence-corrected chi connectivity index (χ1v) is 4.39. The lowest BCUT2D eigenvalue weighted by molar-refractivity contribution is 0.630. The van der Waals surface area contributed by atoms with E-state index in [0.29, 0.717) is 12.1 Å². The quantitative estimate of drug-likeness (QED) is 0.557. The van der Waals surface area contributed by atoms with Crippen molar-refractivity contribution in [3.63, 3.8) is 0 Å². The van der Waals surface area contributed by atoms with Crippen LogP contribution in [0, 0.1) is 0 Å². The van der Waals surface area contributed by atoms with Gasteiger partial charge in [-0.05, 0) is 34.0 Å². The topological polar surface area (TPSA) is 36.1 Å². The minimum atomic E-state index is 0.380. The van der Waals surface area contributed by atoms with Crippen LogP contribution < -0.4 is 16.0 Å². The molecule has 72 valence electrons. The summed E-state index contributed by atoms with van der Waals surface area (Å²) in [6.45, 7) is 4.25. The van der Waals surface area contributed by atoms with Gasteiger partial charge in [-0.15, -0.1) is 0 Å². The lowest BCUT2D eigenvalue weighted by atomic mass is 10.2. The van der Waals surface area contributed by atoms with Gasteiger partial charge in [-0.2, -0.15) is 0 Å². The summed E-state index contributed by atoms with van der Waals surface area (Å²) in [6.07, 6.45) is 2.18. The van der Waals surface area contributed by atoms with E-state index in [2.05, 4.69) is 35.9 Å². The van der Waals surface area contributed by atoms with E-state index >= 15 is 0 Å². The molecule has 2 atom stereocenters. The summed E-state index contributed by atoms with van der Waals surface area (Å²) in [4.78, 5) is 0. The van der Waals surface area contributed by atoms with Crippen molar-refractivity contribution >= 4 is 0 Å². The van der Waals surface area contributed by atoms with E-state index in [4.69, 9.17) is 0 Å². The molecule has 0 aromatic carbocycles. The van der Waals surface area contributed by atoms with Gasteiger partial charge in [0.2, 0.25) is 0 Å². The van der Waals surface area contributed by atoms with Gasteiger partial charge in [-0.25, -0.2) is 0 Å². The molecule has 3 nitrogen and oxygen atoms in total. The van der Waals surface area contributed by atoms with Crippen molar-refractivity contribution in [3.8, 4) is 0 Å². The van der Waals surface area contributed by atoms with Crippen LogP contribution in [0.5, 0.6) is 0 Å². The Bertz CT molecular complexity index is 143. The number of hydrogen-bond donors (Lipinski definition) is 3. The molecule has 0 aliphatic carbocycles. The molecule has 0 heterocycles. The molecular weight excluding hydrogens is 150 g/mol. The predicted octanol–water partition coefficient (Wildman–Crippen LogP) is 0.306. The molecule has 3 N–H and O–H groups in total. The zero-order chi connectivity index (χ0) is 9.56. The molecule has 2 unspecified atom stereocenters. The Morgan fingerprint density at radius 3 is 2.00 bits per heavy atom. The molecule has 0 aromatic rings. The van der Waals surface area contributed by atoms with Gasteiger partial charge in [0.25, 0.3) is 0 Å². The van der Waals surface area contributed by atoms with Crippen LogP contribution in [0.25, 0.3) is 0 Å². The van der Waals surface area contributed by atoms with Crippen molar-refractivity contribution in [2.75, 3.05) is 21.1 Å². The standard InChI is InChI=1S/C9H21N3/c1-7(10-3)6-9(12-5)8(2)11-4/h6-8,10-12H,1-5H3/b9-6-. The van der Waals surface area contributed by atoms with E-state index in [-0.39, 0.29) is 0 Å². The summed E-state index contributed by atoms with van der Waals surface area (Å²) < 4.78 is 0. The van der Waals surface area contributed by atoms with Crippen LogP contribution in [-0.2, 0) is 0 Å². The second kappa shape index (κ2) is 6.03. The predicted molar refractivity (Wildman–Crippen MR) is 54.2 cm³/mol. The maximum absolute atomic E-state index is 3.19. The fourth-order valence-corrected chi connectivity index (χ4v) is 0.952. The molecule has 0 fully saturated rings. The van der Waals surface area contributed by atoms with Gasteiger partial charge >= 0.3 is 0 Å². The first-order chi connectivity index (χ1) is 5.65. The van der Waals surface area contributed by atoms with E-state index < -0.39 is 0 Å². The molecule has 0 radical (unpaired) electrons. The molecule has 0 amide bonds. The highest BCUT2D eigenvalue weighted by atomic mass is 15.0. The summed E-state index contributed by atoms with van der Waals surface area (Å²) in [6, 6.07) is 0.786. The van der Waals surface area contributed by atoms with E-state index in [9.17, 15) is 0 Å². The Kier molecular flexibility index (Phi) is 5.76.